The van der Waals surface area contributed by atoms with Crippen LogP contribution in [0.3, 0.4) is 0 Å². The third-order valence-electron chi connectivity index (χ3n) is 4.76. The Morgan fingerprint density at radius 1 is 1.10 bits per heavy atom. The second-order valence-electron chi connectivity index (χ2n) is 6.91. The molecule has 0 aliphatic carbocycles. The van der Waals surface area contributed by atoms with E-state index in [1.54, 1.807) is 25.3 Å². The lowest BCUT2D eigenvalue weighted by atomic mass is 10.1. The first-order chi connectivity index (χ1) is 14.0. The number of ether oxygens (including phenoxy) is 1. The summed E-state index contributed by atoms with van der Waals surface area (Å²) in [5.41, 5.74) is 1.31. The van der Waals surface area contributed by atoms with E-state index in [4.69, 9.17) is 16.3 Å². The molecule has 3 amide bonds. The number of hydrogen-bond donors (Lipinski definition) is 3. The molecule has 1 aliphatic heterocycles. The molecule has 1 fully saturated rings. The Hall–Kier alpha value is -2.77. The Bertz CT molecular complexity index is 839. The van der Waals surface area contributed by atoms with Crippen LogP contribution >= 0.6 is 11.6 Å². The van der Waals surface area contributed by atoms with E-state index in [-0.39, 0.29) is 24.5 Å². The van der Waals surface area contributed by atoms with Gasteiger partial charge in [0.1, 0.15) is 5.75 Å². The number of urea groups is 1. The summed E-state index contributed by atoms with van der Waals surface area (Å²) in [5, 5.41) is 9.20. The fraction of sp³-hybridized carbons (Fsp3) is 0.333. The predicted molar refractivity (Wildman–Crippen MR) is 115 cm³/mol. The average Bonchev–Trinajstić information content (AvgIpc) is 2.70. The predicted octanol–water partition coefficient (Wildman–Crippen LogP) is 3.57. The Kier molecular flexibility index (Phi) is 7.32. The SMILES string of the molecule is COc1ccc(Cl)cc1NC(=O)CN1CCC(NC(=O)Nc2ccccc2)CC1. The van der Waals surface area contributed by atoms with Gasteiger partial charge in [-0.2, -0.15) is 0 Å². The number of nitrogens with zero attached hydrogens (tertiary/aromatic N) is 1. The Morgan fingerprint density at radius 3 is 2.52 bits per heavy atom. The van der Waals surface area contributed by atoms with Crippen LogP contribution < -0.4 is 20.7 Å². The minimum absolute atomic E-state index is 0.0889. The molecule has 0 spiro atoms. The molecule has 0 aromatic heterocycles. The van der Waals surface area contributed by atoms with Gasteiger partial charge < -0.3 is 20.7 Å². The number of piperidine rings is 1. The lowest BCUT2D eigenvalue weighted by Crippen LogP contribution is -2.47. The molecular weight excluding hydrogens is 392 g/mol. The standard InChI is InChI=1S/C21H25ClN4O3/c1-29-19-8-7-15(22)13-18(19)25-20(27)14-26-11-9-17(10-12-26)24-21(28)23-16-5-3-2-4-6-16/h2-8,13,17H,9-12,14H2,1H3,(H,25,27)(H2,23,24,28). The third-order valence-corrected chi connectivity index (χ3v) is 4.99. The number of nitrogens with one attached hydrogen (secondary N) is 3. The lowest BCUT2D eigenvalue weighted by Gasteiger charge is -2.31. The summed E-state index contributed by atoms with van der Waals surface area (Å²) in [6.07, 6.45) is 1.58. The van der Waals surface area contributed by atoms with Gasteiger partial charge in [-0.05, 0) is 43.2 Å². The van der Waals surface area contributed by atoms with Crippen molar-refractivity contribution in [2.45, 2.75) is 18.9 Å². The third kappa shape index (κ3) is 6.37. The van der Waals surface area contributed by atoms with E-state index in [0.29, 0.717) is 16.5 Å². The van der Waals surface area contributed by atoms with Crippen LogP contribution in [0.4, 0.5) is 16.2 Å². The van der Waals surface area contributed by atoms with Crippen molar-refractivity contribution in [3.05, 3.63) is 53.6 Å². The van der Waals surface area contributed by atoms with Gasteiger partial charge in [0.15, 0.2) is 0 Å². The molecule has 0 unspecified atom stereocenters. The summed E-state index contributed by atoms with van der Waals surface area (Å²) in [6, 6.07) is 14.3. The van der Waals surface area contributed by atoms with Crippen molar-refractivity contribution < 1.29 is 14.3 Å². The number of amides is 3. The Morgan fingerprint density at radius 2 is 1.83 bits per heavy atom. The van der Waals surface area contributed by atoms with Gasteiger partial charge in [0, 0.05) is 29.8 Å². The van der Waals surface area contributed by atoms with E-state index in [1.165, 1.54) is 0 Å². The van der Waals surface area contributed by atoms with Crippen molar-refractivity contribution in [3.8, 4) is 5.75 Å². The highest BCUT2D eigenvalue weighted by Crippen LogP contribution is 2.27. The zero-order valence-corrected chi connectivity index (χ0v) is 17.0. The summed E-state index contributed by atoms with van der Waals surface area (Å²) in [7, 11) is 1.55. The van der Waals surface area contributed by atoms with Crippen LogP contribution in [-0.2, 0) is 4.79 Å². The van der Waals surface area contributed by atoms with Gasteiger partial charge in [-0.15, -0.1) is 0 Å². The van der Waals surface area contributed by atoms with E-state index in [0.717, 1.165) is 31.6 Å². The summed E-state index contributed by atoms with van der Waals surface area (Å²) >= 11 is 6.00. The first-order valence-electron chi connectivity index (χ1n) is 9.52. The maximum atomic E-state index is 12.4. The van der Waals surface area contributed by atoms with Crippen LogP contribution in [0.2, 0.25) is 5.02 Å². The Balaban J connectivity index is 1.42. The molecule has 7 nitrogen and oxygen atoms in total. The molecule has 0 saturated carbocycles. The van der Waals surface area contributed by atoms with Crippen LogP contribution in [-0.4, -0.2) is 49.6 Å². The number of benzene rings is 2. The molecule has 0 radical (unpaired) electrons. The van der Waals surface area contributed by atoms with Gasteiger partial charge in [-0.25, -0.2) is 4.79 Å². The van der Waals surface area contributed by atoms with Crippen molar-refractivity contribution in [3.63, 3.8) is 0 Å². The highest BCUT2D eigenvalue weighted by atomic mass is 35.5. The fourth-order valence-corrected chi connectivity index (χ4v) is 3.45. The van der Waals surface area contributed by atoms with E-state index < -0.39 is 0 Å². The normalized spacial score (nSPS) is 14.8. The number of para-hydroxylation sites is 1. The van der Waals surface area contributed by atoms with Crippen molar-refractivity contribution in [2.75, 3.05) is 37.4 Å². The second kappa shape index (κ2) is 10.1. The van der Waals surface area contributed by atoms with Crippen molar-refractivity contribution in [1.82, 2.24) is 10.2 Å². The van der Waals surface area contributed by atoms with Gasteiger partial charge in [0.25, 0.3) is 0 Å². The summed E-state index contributed by atoms with van der Waals surface area (Å²) in [4.78, 5) is 26.6. The summed E-state index contributed by atoms with van der Waals surface area (Å²) < 4.78 is 5.25. The zero-order chi connectivity index (χ0) is 20.6. The van der Waals surface area contributed by atoms with Gasteiger partial charge in [-0.1, -0.05) is 29.8 Å². The van der Waals surface area contributed by atoms with E-state index >= 15 is 0 Å². The van der Waals surface area contributed by atoms with E-state index in [9.17, 15) is 9.59 Å². The molecule has 154 valence electrons. The first-order valence-corrected chi connectivity index (χ1v) is 9.89. The highest BCUT2D eigenvalue weighted by Gasteiger charge is 2.22. The number of anilines is 2. The number of carbonyl (C=O) groups excluding carboxylic acids is 2. The van der Waals surface area contributed by atoms with Crippen LogP contribution in [0.1, 0.15) is 12.8 Å². The molecule has 1 saturated heterocycles. The molecule has 1 aliphatic rings. The topological polar surface area (TPSA) is 82.7 Å². The summed E-state index contributed by atoms with van der Waals surface area (Å²) in [6.45, 7) is 1.74. The largest absolute Gasteiger partial charge is 0.495 e. The molecule has 3 N–H and O–H groups in total. The molecule has 29 heavy (non-hydrogen) atoms. The number of rotatable bonds is 6. The lowest BCUT2D eigenvalue weighted by molar-refractivity contribution is -0.117. The van der Waals surface area contributed by atoms with Gasteiger partial charge in [0.2, 0.25) is 5.91 Å². The fourth-order valence-electron chi connectivity index (χ4n) is 3.28. The zero-order valence-electron chi connectivity index (χ0n) is 16.3. The van der Waals surface area contributed by atoms with Crippen molar-refractivity contribution in [1.29, 1.82) is 0 Å². The Labute approximate surface area is 175 Å². The minimum Gasteiger partial charge on any atom is -0.495 e. The number of hydrogen-bond acceptors (Lipinski definition) is 4. The number of methoxy groups -OCH3 is 1. The van der Waals surface area contributed by atoms with Crippen LogP contribution in [0.5, 0.6) is 5.75 Å². The molecule has 0 atom stereocenters. The van der Waals surface area contributed by atoms with Crippen LogP contribution in [0.25, 0.3) is 0 Å². The maximum absolute atomic E-state index is 12.4. The molecule has 2 aromatic carbocycles. The smallest absolute Gasteiger partial charge is 0.319 e. The molecule has 3 rings (SSSR count). The number of carbonyl (C=O) groups is 2. The maximum Gasteiger partial charge on any atom is 0.319 e. The van der Waals surface area contributed by atoms with Gasteiger partial charge in [0.05, 0.1) is 19.3 Å². The number of halogens is 1. The molecule has 8 heteroatoms. The van der Waals surface area contributed by atoms with E-state index in [2.05, 4.69) is 20.9 Å². The molecular formula is C21H25ClN4O3. The van der Waals surface area contributed by atoms with Crippen molar-refractivity contribution in [2.24, 2.45) is 0 Å². The van der Waals surface area contributed by atoms with Gasteiger partial charge >= 0.3 is 6.03 Å². The number of likely N-dealkylation sites (tertiary alicyclic amines) is 1. The monoisotopic (exact) mass is 416 g/mol. The minimum atomic E-state index is -0.208. The molecule has 2 aromatic rings. The molecule has 1 heterocycles. The summed E-state index contributed by atoms with van der Waals surface area (Å²) in [5.74, 6) is 0.439. The second-order valence-corrected chi connectivity index (χ2v) is 7.34. The van der Waals surface area contributed by atoms with Crippen molar-refractivity contribution >= 4 is 34.9 Å². The van der Waals surface area contributed by atoms with Crippen LogP contribution in [0, 0.1) is 0 Å². The molecule has 0 bridgehead atoms. The van der Waals surface area contributed by atoms with E-state index in [1.807, 2.05) is 30.3 Å². The highest BCUT2D eigenvalue weighted by molar-refractivity contribution is 6.31. The van der Waals surface area contributed by atoms with Gasteiger partial charge in [-0.3, -0.25) is 9.69 Å². The average molecular weight is 417 g/mol. The quantitative estimate of drug-likeness (QED) is 0.672. The van der Waals surface area contributed by atoms with Crippen LogP contribution in [0.15, 0.2) is 48.5 Å². The first kappa shape index (κ1) is 21.0.